The Balaban J connectivity index is 2.28. The fourth-order valence-corrected chi connectivity index (χ4v) is 1.85. The van der Waals surface area contributed by atoms with Crippen LogP contribution in [0.5, 0.6) is 5.75 Å². The first-order chi connectivity index (χ1) is 8.97. The predicted molar refractivity (Wildman–Crippen MR) is 76.4 cm³/mol. The molecule has 4 N–H and O–H groups in total. The van der Waals surface area contributed by atoms with Crippen LogP contribution in [-0.2, 0) is 0 Å². The molecule has 0 aromatic heterocycles. The number of carbonyl (C=O) groups excluding carboxylic acids is 1. The zero-order chi connectivity index (χ0) is 14.0. The summed E-state index contributed by atoms with van der Waals surface area (Å²) in [6.07, 6.45) is 0. The third kappa shape index (κ3) is 2.85. The summed E-state index contributed by atoms with van der Waals surface area (Å²) in [6.45, 7) is 3.73. The standard InChI is InChI=1S/C15H16N2O2/c1-9-3-6-14(18)12(7-9)15(19)17-13-5-4-11(16)8-10(13)2/h3-8,18H,16H2,1-2H3,(H,17,19). The van der Waals surface area contributed by atoms with Gasteiger partial charge in [0, 0.05) is 11.4 Å². The maximum atomic E-state index is 12.1. The Kier molecular flexibility index (Phi) is 3.42. The van der Waals surface area contributed by atoms with Crippen molar-refractivity contribution in [3.05, 3.63) is 53.1 Å². The van der Waals surface area contributed by atoms with E-state index in [0.717, 1.165) is 11.1 Å². The number of nitrogen functional groups attached to an aromatic ring is 1. The largest absolute Gasteiger partial charge is 0.507 e. The van der Waals surface area contributed by atoms with E-state index >= 15 is 0 Å². The predicted octanol–water partition coefficient (Wildman–Crippen LogP) is 2.84. The number of nitrogens with two attached hydrogens (primary N) is 1. The number of benzene rings is 2. The molecule has 4 heteroatoms. The van der Waals surface area contributed by atoms with Crippen molar-refractivity contribution in [3.63, 3.8) is 0 Å². The van der Waals surface area contributed by atoms with Crippen molar-refractivity contribution in [2.75, 3.05) is 11.1 Å². The van der Waals surface area contributed by atoms with E-state index in [2.05, 4.69) is 5.32 Å². The minimum Gasteiger partial charge on any atom is -0.507 e. The summed E-state index contributed by atoms with van der Waals surface area (Å²) in [5.74, 6) is -0.370. The van der Waals surface area contributed by atoms with E-state index in [9.17, 15) is 9.90 Å². The molecule has 19 heavy (non-hydrogen) atoms. The molecule has 0 saturated carbocycles. The lowest BCUT2D eigenvalue weighted by atomic mass is 10.1. The Morgan fingerprint density at radius 3 is 2.58 bits per heavy atom. The minimum atomic E-state index is -0.339. The molecule has 0 saturated heterocycles. The van der Waals surface area contributed by atoms with Gasteiger partial charge in [0.1, 0.15) is 5.75 Å². The number of hydrogen-bond donors (Lipinski definition) is 3. The van der Waals surface area contributed by atoms with Crippen LogP contribution in [0.3, 0.4) is 0 Å². The highest BCUT2D eigenvalue weighted by Crippen LogP contribution is 2.22. The SMILES string of the molecule is Cc1ccc(O)c(C(=O)Nc2ccc(N)cc2C)c1. The monoisotopic (exact) mass is 256 g/mol. The number of anilines is 2. The third-order valence-corrected chi connectivity index (χ3v) is 2.90. The third-order valence-electron chi connectivity index (χ3n) is 2.90. The average Bonchev–Trinajstić information content (AvgIpc) is 2.35. The normalized spacial score (nSPS) is 10.2. The number of aryl methyl sites for hydroxylation is 2. The second-order valence-corrected chi connectivity index (χ2v) is 4.55. The number of phenols is 1. The van der Waals surface area contributed by atoms with Gasteiger partial charge in [-0.25, -0.2) is 0 Å². The van der Waals surface area contributed by atoms with E-state index in [1.807, 2.05) is 13.8 Å². The van der Waals surface area contributed by atoms with Gasteiger partial charge in [-0.1, -0.05) is 11.6 Å². The van der Waals surface area contributed by atoms with Gasteiger partial charge in [0.2, 0.25) is 0 Å². The van der Waals surface area contributed by atoms with Crippen LogP contribution in [0.4, 0.5) is 11.4 Å². The summed E-state index contributed by atoms with van der Waals surface area (Å²) in [5.41, 5.74) is 9.04. The van der Waals surface area contributed by atoms with Crippen LogP contribution in [0, 0.1) is 13.8 Å². The lowest BCUT2D eigenvalue weighted by Crippen LogP contribution is -2.13. The Hall–Kier alpha value is -2.49. The Labute approximate surface area is 111 Å². The van der Waals surface area contributed by atoms with Crippen molar-refractivity contribution in [1.29, 1.82) is 0 Å². The molecule has 0 bridgehead atoms. The molecular formula is C15H16N2O2. The summed E-state index contributed by atoms with van der Waals surface area (Å²) in [7, 11) is 0. The van der Waals surface area contributed by atoms with Crippen LogP contribution in [0.2, 0.25) is 0 Å². The second kappa shape index (κ2) is 5.02. The molecule has 0 aliphatic rings. The molecule has 2 rings (SSSR count). The molecule has 0 fully saturated rings. The average molecular weight is 256 g/mol. The van der Waals surface area contributed by atoms with E-state index in [1.54, 1.807) is 30.3 Å². The van der Waals surface area contributed by atoms with E-state index < -0.39 is 0 Å². The van der Waals surface area contributed by atoms with Crippen LogP contribution in [0.1, 0.15) is 21.5 Å². The van der Waals surface area contributed by atoms with Gasteiger partial charge in [-0.2, -0.15) is 0 Å². The molecule has 0 aliphatic heterocycles. The van der Waals surface area contributed by atoms with E-state index in [-0.39, 0.29) is 17.2 Å². The van der Waals surface area contributed by atoms with Crippen molar-refractivity contribution in [1.82, 2.24) is 0 Å². The first kappa shape index (κ1) is 13.0. The topological polar surface area (TPSA) is 75.3 Å². The van der Waals surface area contributed by atoms with E-state index in [4.69, 9.17) is 5.73 Å². The lowest BCUT2D eigenvalue weighted by molar-refractivity contribution is 0.102. The summed E-state index contributed by atoms with van der Waals surface area (Å²) >= 11 is 0. The lowest BCUT2D eigenvalue weighted by Gasteiger charge is -2.10. The highest BCUT2D eigenvalue weighted by Gasteiger charge is 2.12. The Morgan fingerprint density at radius 2 is 1.89 bits per heavy atom. The smallest absolute Gasteiger partial charge is 0.259 e. The Morgan fingerprint density at radius 1 is 1.16 bits per heavy atom. The van der Waals surface area contributed by atoms with Gasteiger partial charge < -0.3 is 16.2 Å². The van der Waals surface area contributed by atoms with Crippen molar-refractivity contribution in [3.8, 4) is 5.75 Å². The van der Waals surface area contributed by atoms with Crippen LogP contribution >= 0.6 is 0 Å². The fraction of sp³-hybridized carbons (Fsp3) is 0.133. The molecule has 2 aromatic rings. The summed E-state index contributed by atoms with van der Waals surface area (Å²) < 4.78 is 0. The molecule has 2 aromatic carbocycles. The van der Waals surface area contributed by atoms with Crippen LogP contribution in [0.25, 0.3) is 0 Å². The molecule has 0 unspecified atom stereocenters. The fourth-order valence-electron chi connectivity index (χ4n) is 1.85. The molecule has 0 heterocycles. The van der Waals surface area contributed by atoms with Crippen molar-refractivity contribution >= 4 is 17.3 Å². The first-order valence-corrected chi connectivity index (χ1v) is 5.94. The number of hydrogen-bond acceptors (Lipinski definition) is 3. The molecule has 0 spiro atoms. The van der Waals surface area contributed by atoms with Gasteiger partial charge >= 0.3 is 0 Å². The molecule has 0 aliphatic carbocycles. The zero-order valence-corrected chi connectivity index (χ0v) is 10.9. The highest BCUT2D eigenvalue weighted by atomic mass is 16.3. The minimum absolute atomic E-state index is 0.0313. The summed E-state index contributed by atoms with van der Waals surface area (Å²) in [6, 6.07) is 10.2. The molecule has 98 valence electrons. The first-order valence-electron chi connectivity index (χ1n) is 5.94. The number of amides is 1. The molecule has 1 amide bonds. The van der Waals surface area contributed by atoms with Gasteiger partial charge in [0.05, 0.1) is 5.56 Å². The van der Waals surface area contributed by atoms with E-state index in [1.165, 1.54) is 6.07 Å². The quantitative estimate of drug-likeness (QED) is 0.723. The Bertz CT molecular complexity index is 636. The number of aromatic hydroxyl groups is 1. The summed E-state index contributed by atoms with van der Waals surface area (Å²) in [5, 5.41) is 12.5. The van der Waals surface area contributed by atoms with Crippen molar-refractivity contribution in [2.24, 2.45) is 0 Å². The van der Waals surface area contributed by atoms with Gasteiger partial charge in [0.25, 0.3) is 5.91 Å². The number of nitrogens with one attached hydrogen (secondary N) is 1. The van der Waals surface area contributed by atoms with Crippen LogP contribution in [-0.4, -0.2) is 11.0 Å². The summed E-state index contributed by atoms with van der Waals surface area (Å²) in [4.78, 5) is 12.1. The second-order valence-electron chi connectivity index (χ2n) is 4.55. The van der Waals surface area contributed by atoms with Crippen molar-refractivity contribution in [2.45, 2.75) is 13.8 Å². The van der Waals surface area contributed by atoms with Gasteiger partial charge in [-0.3, -0.25) is 4.79 Å². The molecule has 0 radical (unpaired) electrons. The maximum absolute atomic E-state index is 12.1. The van der Waals surface area contributed by atoms with Crippen LogP contribution in [0.15, 0.2) is 36.4 Å². The highest BCUT2D eigenvalue weighted by molar-refractivity contribution is 6.06. The molecular weight excluding hydrogens is 240 g/mol. The van der Waals surface area contributed by atoms with Gasteiger partial charge in [-0.05, 0) is 49.7 Å². The van der Waals surface area contributed by atoms with Crippen molar-refractivity contribution < 1.29 is 9.90 Å². The molecule has 4 nitrogen and oxygen atoms in total. The maximum Gasteiger partial charge on any atom is 0.259 e. The number of phenolic OH excluding ortho intramolecular Hbond substituents is 1. The van der Waals surface area contributed by atoms with Gasteiger partial charge in [-0.15, -0.1) is 0 Å². The van der Waals surface area contributed by atoms with Gasteiger partial charge in [0.15, 0.2) is 0 Å². The number of carbonyl (C=O) groups is 1. The van der Waals surface area contributed by atoms with Crippen LogP contribution < -0.4 is 11.1 Å². The zero-order valence-electron chi connectivity index (χ0n) is 10.9. The van der Waals surface area contributed by atoms with E-state index in [0.29, 0.717) is 11.4 Å². The molecule has 0 atom stereocenters. The number of rotatable bonds is 2.